The van der Waals surface area contributed by atoms with E-state index in [1.807, 2.05) is 38.1 Å². The topological polar surface area (TPSA) is 62.9 Å². The first-order chi connectivity index (χ1) is 11.0. The predicted molar refractivity (Wildman–Crippen MR) is 97.2 cm³/mol. The fourth-order valence-corrected chi connectivity index (χ4v) is 2.67. The van der Waals surface area contributed by atoms with Crippen LogP contribution in [0.5, 0.6) is 5.75 Å². The van der Waals surface area contributed by atoms with Crippen molar-refractivity contribution in [1.29, 1.82) is 0 Å². The molecule has 0 spiro atoms. The Morgan fingerprint density at radius 1 is 1.30 bits per heavy atom. The van der Waals surface area contributed by atoms with Gasteiger partial charge >= 0.3 is 0 Å². The third kappa shape index (κ3) is 6.48. The maximum absolute atomic E-state index is 5.95. The van der Waals surface area contributed by atoms with E-state index in [0.29, 0.717) is 5.96 Å². The lowest BCUT2D eigenvalue weighted by atomic mass is 9.99. The van der Waals surface area contributed by atoms with Gasteiger partial charge in [0.25, 0.3) is 0 Å². The number of nitrogens with two attached hydrogens (primary N) is 1. The molecule has 0 saturated carbocycles. The highest BCUT2D eigenvalue weighted by Crippen LogP contribution is 2.17. The highest BCUT2D eigenvalue weighted by Gasteiger charge is 2.14. The van der Waals surface area contributed by atoms with E-state index >= 15 is 0 Å². The van der Waals surface area contributed by atoms with Crippen molar-refractivity contribution < 1.29 is 4.74 Å². The number of rotatable bonds is 6. The molecule has 1 aliphatic heterocycles. The highest BCUT2D eigenvalue weighted by atomic mass is 16.5. The lowest BCUT2D eigenvalue weighted by Gasteiger charge is -2.29. The van der Waals surface area contributed by atoms with Crippen LogP contribution in [-0.2, 0) is 0 Å². The first kappa shape index (κ1) is 17.6. The van der Waals surface area contributed by atoms with Crippen LogP contribution in [0.4, 0.5) is 5.69 Å². The van der Waals surface area contributed by atoms with E-state index in [1.54, 1.807) is 0 Å². The predicted octanol–water partition coefficient (Wildman–Crippen LogP) is 2.93. The van der Waals surface area contributed by atoms with Crippen molar-refractivity contribution in [1.82, 2.24) is 4.90 Å². The van der Waals surface area contributed by atoms with Crippen LogP contribution >= 0.6 is 0 Å². The van der Waals surface area contributed by atoms with E-state index in [9.17, 15) is 0 Å². The second-order valence-corrected chi connectivity index (χ2v) is 6.61. The van der Waals surface area contributed by atoms with Crippen molar-refractivity contribution in [3.05, 3.63) is 24.3 Å². The summed E-state index contributed by atoms with van der Waals surface area (Å²) in [5, 5.41) is 3.12. The van der Waals surface area contributed by atoms with Gasteiger partial charge in [0.15, 0.2) is 5.96 Å². The fourth-order valence-electron chi connectivity index (χ4n) is 2.67. The van der Waals surface area contributed by atoms with Crippen LogP contribution in [0.2, 0.25) is 0 Å². The number of nitrogens with one attached hydrogen (secondary N) is 1. The van der Waals surface area contributed by atoms with Crippen molar-refractivity contribution in [3.8, 4) is 5.75 Å². The van der Waals surface area contributed by atoms with Gasteiger partial charge in [-0.2, -0.15) is 0 Å². The number of guanidine groups is 1. The van der Waals surface area contributed by atoms with Crippen LogP contribution in [0.15, 0.2) is 29.3 Å². The Balaban J connectivity index is 1.73. The summed E-state index contributed by atoms with van der Waals surface area (Å²) in [4.78, 5) is 6.88. The molecule has 0 amide bonds. The number of hydrogen-bond acceptors (Lipinski definition) is 3. The maximum Gasteiger partial charge on any atom is 0.193 e. The second kappa shape index (κ2) is 8.77. The standard InChI is InChI=1S/C18H30N4O/c1-14(2)23-17-6-4-16(5-7-17)21-18(19)20-10-13-22-11-8-15(3)9-12-22/h4-7,14-15H,8-13H2,1-3H3,(H3,19,20,21). The molecule has 0 aliphatic carbocycles. The summed E-state index contributed by atoms with van der Waals surface area (Å²) in [6.07, 6.45) is 2.77. The molecule has 1 fully saturated rings. The van der Waals surface area contributed by atoms with Gasteiger partial charge in [-0.15, -0.1) is 0 Å². The molecule has 1 saturated heterocycles. The number of aliphatic imine (C=N–C) groups is 1. The van der Waals surface area contributed by atoms with E-state index < -0.39 is 0 Å². The highest BCUT2D eigenvalue weighted by molar-refractivity contribution is 5.92. The number of piperidine rings is 1. The maximum atomic E-state index is 5.95. The van der Waals surface area contributed by atoms with E-state index in [4.69, 9.17) is 10.5 Å². The molecule has 2 rings (SSSR count). The zero-order valence-electron chi connectivity index (χ0n) is 14.6. The van der Waals surface area contributed by atoms with Crippen LogP contribution < -0.4 is 15.8 Å². The molecule has 1 aromatic rings. The van der Waals surface area contributed by atoms with Gasteiger partial charge in [0, 0.05) is 12.2 Å². The molecule has 5 nitrogen and oxygen atoms in total. The van der Waals surface area contributed by atoms with Crippen LogP contribution in [0.3, 0.4) is 0 Å². The van der Waals surface area contributed by atoms with Gasteiger partial charge < -0.3 is 20.7 Å². The van der Waals surface area contributed by atoms with Gasteiger partial charge in [-0.05, 0) is 70.0 Å². The Hall–Kier alpha value is -1.75. The molecule has 1 heterocycles. The lowest BCUT2D eigenvalue weighted by Crippen LogP contribution is -2.35. The first-order valence-electron chi connectivity index (χ1n) is 8.59. The van der Waals surface area contributed by atoms with Crippen LogP contribution in [0.25, 0.3) is 0 Å². The smallest absolute Gasteiger partial charge is 0.193 e. The third-order valence-electron chi connectivity index (χ3n) is 4.07. The Kier molecular flexibility index (Phi) is 6.71. The Morgan fingerprint density at radius 3 is 2.57 bits per heavy atom. The molecule has 0 aromatic heterocycles. The number of benzene rings is 1. The van der Waals surface area contributed by atoms with Crippen LogP contribution in [0, 0.1) is 5.92 Å². The SMILES string of the molecule is CC1CCN(CCN=C(N)Nc2ccc(OC(C)C)cc2)CC1. The molecule has 0 radical (unpaired) electrons. The number of hydrogen-bond donors (Lipinski definition) is 2. The molecular formula is C18H30N4O. The van der Waals surface area contributed by atoms with E-state index in [1.165, 1.54) is 25.9 Å². The summed E-state index contributed by atoms with van der Waals surface area (Å²) in [5.41, 5.74) is 6.88. The van der Waals surface area contributed by atoms with Crippen LogP contribution in [-0.4, -0.2) is 43.1 Å². The molecule has 128 valence electrons. The summed E-state index contributed by atoms with van der Waals surface area (Å²) in [5.74, 6) is 2.19. The number of anilines is 1. The van der Waals surface area contributed by atoms with Gasteiger partial charge in [-0.3, -0.25) is 4.99 Å². The Labute approximate surface area is 139 Å². The second-order valence-electron chi connectivity index (χ2n) is 6.61. The van der Waals surface area contributed by atoms with Gasteiger partial charge in [0.05, 0.1) is 12.6 Å². The summed E-state index contributed by atoms with van der Waals surface area (Å²) in [6.45, 7) is 10.4. The van der Waals surface area contributed by atoms with E-state index in [-0.39, 0.29) is 6.10 Å². The van der Waals surface area contributed by atoms with Gasteiger partial charge in [-0.25, -0.2) is 0 Å². The molecule has 0 bridgehead atoms. The van der Waals surface area contributed by atoms with Crippen molar-refractivity contribution in [2.45, 2.75) is 39.7 Å². The molecule has 23 heavy (non-hydrogen) atoms. The lowest BCUT2D eigenvalue weighted by molar-refractivity contribution is 0.197. The number of likely N-dealkylation sites (tertiary alicyclic amines) is 1. The molecule has 1 aromatic carbocycles. The van der Waals surface area contributed by atoms with E-state index in [0.717, 1.165) is 30.4 Å². The number of nitrogens with zero attached hydrogens (tertiary/aromatic N) is 2. The summed E-state index contributed by atoms with van der Waals surface area (Å²) >= 11 is 0. The van der Waals surface area contributed by atoms with Crippen molar-refractivity contribution >= 4 is 11.6 Å². The number of ether oxygens (including phenoxy) is 1. The first-order valence-corrected chi connectivity index (χ1v) is 8.59. The largest absolute Gasteiger partial charge is 0.491 e. The minimum absolute atomic E-state index is 0.179. The van der Waals surface area contributed by atoms with Gasteiger partial charge in [-0.1, -0.05) is 6.92 Å². The molecule has 0 unspecified atom stereocenters. The molecule has 0 atom stereocenters. The minimum atomic E-state index is 0.179. The molecule has 3 N–H and O–H groups in total. The Bertz CT molecular complexity index is 490. The van der Waals surface area contributed by atoms with Gasteiger partial charge in [0.2, 0.25) is 0 Å². The third-order valence-corrected chi connectivity index (χ3v) is 4.07. The fraction of sp³-hybridized carbons (Fsp3) is 0.611. The monoisotopic (exact) mass is 318 g/mol. The van der Waals surface area contributed by atoms with Crippen molar-refractivity contribution in [2.75, 3.05) is 31.5 Å². The zero-order chi connectivity index (χ0) is 16.7. The average molecular weight is 318 g/mol. The molecule has 5 heteroatoms. The van der Waals surface area contributed by atoms with Crippen molar-refractivity contribution in [3.63, 3.8) is 0 Å². The molecular weight excluding hydrogens is 288 g/mol. The Morgan fingerprint density at radius 2 is 1.96 bits per heavy atom. The van der Waals surface area contributed by atoms with E-state index in [2.05, 4.69) is 22.1 Å². The minimum Gasteiger partial charge on any atom is -0.491 e. The van der Waals surface area contributed by atoms with Crippen molar-refractivity contribution in [2.24, 2.45) is 16.6 Å². The average Bonchev–Trinajstić information content (AvgIpc) is 2.51. The summed E-state index contributed by atoms with van der Waals surface area (Å²) in [7, 11) is 0. The normalized spacial score (nSPS) is 17.5. The summed E-state index contributed by atoms with van der Waals surface area (Å²) in [6, 6.07) is 7.77. The quantitative estimate of drug-likeness (QED) is 0.625. The molecule has 1 aliphatic rings. The van der Waals surface area contributed by atoms with Crippen LogP contribution in [0.1, 0.15) is 33.6 Å². The zero-order valence-corrected chi connectivity index (χ0v) is 14.6. The van der Waals surface area contributed by atoms with Gasteiger partial charge in [0.1, 0.15) is 5.75 Å². The summed E-state index contributed by atoms with van der Waals surface area (Å²) < 4.78 is 5.62.